The number of carbonyl (C=O) groups excluding carboxylic acids is 1. The average Bonchev–Trinajstić information content (AvgIpc) is 3.07. The van der Waals surface area contributed by atoms with Gasteiger partial charge in [-0.25, -0.2) is 0 Å². The summed E-state index contributed by atoms with van der Waals surface area (Å²) in [5, 5.41) is 14.0. The Labute approximate surface area is 159 Å². The molecule has 1 aliphatic heterocycles. The zero-order valence-electron chi connectivity index (χ0n) is 14.8. The third-order valence-corrected chi connectivity index (χ3v) is 5.59. The highest BCUT2D eigenvalue weighted by Gasteiger charge is 2.26. The number of likely N-dealkylation sites (tertiary alicyclic amines) is 1. The number of carbonyl (C=O) groups is 2. The van der Waals surface area contributed by atoms with Crippen LogP contribution in [0.1, 0.15) is 37.6 Å². The van der Waals surface area contributed by atoms with Gasteiger partial charge in [-0.05, 0) is 37.8 Å². The molecule has 0 aliphatic carbocycles. The first kappa shape index (κ1) is 21.9. The number of hydrogen-bond acceptors (Lipinski definition) is 5. The number of amides is 1. The molecule has 1 aromatic heterocycles. The summed E-state index contributed by atoms with van der Waals surface area (Å²) in [6.07, 6.45) is 1.82. The maximum atomic E-state index is 12.2. The van der Waals surface area contributed by atoms with Crippen molar-refractivity contribution in [2.45, 2.75) is 38.8 Å². The summed E-state index contributed by atoms with van der Waals surface area (Å²) >= 11 is 1.65. The monoisotopic (exact) mass is 389 g/mol. The van der Waals surface area contributed by atoms with Gasteiger partial charge in [0.05, 0.1) is 19.1 Å². The SMILES string of the molecule is CCN(CC(=O)O)C1CCN(CC(=O)NC(C)c2cccs2)CC1.Cl. The van der Waals surface area contributed by atoms with Crippen LogP contribution in [0.25, 0.3) is 0 Å². The van der Waals surface area contributed by atoms with E-state index in [1.54, 1.807) is 11.3 Å². The number of hydrogen-bond donors (Lipinski definition) is 2. The number of nitrogens with one attached hydrogen (secondary N) is 1. The van der Waals surface area contributed by atoms with E-state index in [0.29, 0.717) is 12.6 Å². The standard InChI is InChI=1S/C17H27N3O3S.ClH/c1-3-20(12-17(22)23)14-6-8-19(9-7-14)11-16(21)18-13(2)15-5-4-10-24-15;/h4-5,10,13-14H,3,6-9,11-12H2,1-2H3,(H,18,21)(H,22,23);1H. The molecular weight excluding hydrogens is 362 g/mol. The second-order valence-corrected chi connectivity index (χ2v) is 7.25. The van der Waals surface area contributed by atoms with Crippen molar-refractivity contribution in [2.75, 3.05) is 32.7 Å². The van der Waals surface area contributed by atoms with Crippen LogP contribution in [0.15, 0.2) is 17.5 Å². The molecule has 2 rings (SSSR count). The van der Waals surface area contributed by atoms with Crippen LogP contribution in [-0.2, 0) is 9.59 Å². The van der Waals surface area contributed by atoms with Gasteiger partial charge in [0, 0.05) is 24.0 Å². The van der Waals surface area contributed by atoms with Crippen LogP contribution in [0.2, 0.25) is 0 Å². The summed E-state index contributed by atoms with van der Waals surface area (Å²) in [7, 11) is 0. The Balaban J connectivity index is 0.00000312. The highest BCUT2D eigenvalue weighted by Crippen LogP contribution is 2.19. The Morgan fingerprint density at radius 3 is 2.64 bits per heavy atom. The number of thiophene rings is 1. The molecule has 1 saturated heterocycles. The van der Waals surface area contributed by atoms with Gasteiger partial charge >= 0.3 is 5.97 Å². The molecule has 0 aromatic carbocycles. The fraction of sp³-hybridized carbons (Fsp3) is 0.647. The van der Waals surface area contributed by atoms with Crippen LogP contribution < -0.4 is 5.32 Å². The van der Waals surface area contributed by atoms with E-state index in [-0.39, 0.29) is 30.9 Å². The molecule has 25 heavy (non-hydrogen) atoms. The minimum absolute atomic E-state index is 0. The Morgan fingerprint density at radius 1 is 1.44 bits per heavy atom. The normalized spacial score (nSPS) is 17.1. The third kappa shape index (κ3) is 6.93. The minimum atomic E-state index is -0.777. The Bertz CT molecular complexity index is 533. The van der Waals surface area contributed by atoms with E-state index in [1.807, 2.05) is 36.3 Å². The van der Waals surface area contributed by atoms with Crippen LogP contribution in [0.4, 0.5) is 0 Å². The maximum Gasteiger partial charge on any atom is 0.317 e. The van der Waals surface area contributed by atoms with Gasteiger partial charge in [-0.2, -0.15) is 0 Å². The minimum Gasteiger partial charge on any atom is -0.480 e. The number of likely N-dealkylation sites (N-methyl/N-ethyl adjacent to an activating group) is 1. The van der Waals surface area contributed by atoms with Crippen molar-refractivity contribution in [3.63, 3.8) is 0 Å². The van der Waals surface area contributed by atoms with E-state index in [9.17, 15) is 9.59 Å². The van der Waals surface area contributed by atoms with Gasteiger partial charge in [0.15, 0.2) is 0 Å². The van der Waals surface area contributed by atoms with Gasteiger partial charge in [0.2, 0.25) is 5.91 Å². The molecule has 1 atom stereocenters. The first-order chi connectivity index (χ1) is 11.5. The second-order valence-electron chi connectivity index (χ2n) is 6.27. The van der Waals surface area contributed by atoms with Crippen molar-refractivity contribution < 1.29 is 14.7 Å². The molecule has 2 N–H and O–H groups in total. The first-order valence-electron chi connectivity index (χ1n) is 8.50. The van der Waals surface area contributed by atoms with Crippen LogP contribution in [0.5, 0.6) is 0 Å². The molecule has 1 aliphatic rings. The molecule has 6 nitrogen and oxygen atoms in total. The molecule has 0 bridgehead atoms. The molecule has 1 aromatic rings. The molecular formula is C17H28ClN3O3S. The number of piperidine rings is 1. The van der Waals surface area contributed by atoms with E-state index in [0.717, 1.165) is 37.4 Å². The van der Waals surface area contributed by atoms with Crippen LogP contribution in [0, 0.1) is 0 Å². The molecule has 1 amide bonds. The fourth-order valence-electron chi connectivity index (χ4n) is 3.21. The van der Waals surface area contributed by atoms with E-state index >= 15 is 0 Å². The third-order valence-electron chi connectivity index (χ3n) is 4.53. The Kier molecular flexibility index (Phi) is 9.42. The number of carboxylic acids is 1. The number of halogens is 1. The molecule has 2 heterocycles. The van der Waals surface area contributed by atoms with Crippen LogP contribution >= 0.6 is 23.7 Å². The Hall–Kier alpha value is -1.15. The lowest BCUT2D eigenvalue weighted by Crippen LogP contribution is -2.48. The van der Waals surface area contributed by atoms with E-state index in [1.165, 1.54) is 0 Å². The quantitative estimate of drug-likeness (QED) is 0.713. The lowest BCUT2D eigenvalue weighted by molar-refractivity contribution is -0.139. The zero-order valence-corrected chi connectivity index (χ0v) is 16.4. The van der Waals surface area contributed by atoms with Gasteiger partial charge in [-0.15, -0.1) is 23.7 Å². The van der Waals surface area contributed by atoms with Crippen molar-refractivity contribution >= 4 is 35.6 Å². The summed E-state index contributed by atoms with van der Waals surface area (Å²) in [6, 6.07) is 4.36. The largest absolute Gasteiger partial charge is 0.480 e. The van der Waals surface area contributed by atoms with Crippen molar-refractivity contribution in [1.29, 1.82) is 0 Å². The van der Waals surface area contributed by atoms with Gasteiger partial charge in [-0.3, -0.25) is 19.4 Å². The van der Waals surface area contributed by atoms with E-state index < -0.39 is 5.97 Å². The maximum absolute atomic E-state index is 12.2. The highest BCUT2D eigenvalue weighted by atomic mass is 35.5. The van der Waals surface area contributed by atoms with Crippen LogP contribution in [-0.4, -0.2) is 65.5 Å². The smallest absolute Gasteiger partial charge is 0.317 e. The van der Waals surface area contributed by atoms with E-state index in [2.05, 4.69) is 10.2 Å². The fourth-order valence-corrected chi connectivity index (χ4v) is 3.95. The lowest BCUT2D eigenvalue weighted by atomic mass is 10.0. The molecule has 0 spiro atoms. The summed E-state index contributed by atoms with van der Waals surface area (Å²) < 4.78 is 0. The van der Waals surface area contributed by atoms with Gasteiger partial charge in [-0.1, -0.05) is 13.0 Å². The molecule has 1 fully saturated rings. The number of rotatable bonds is 8. The molecule has 0 radical (unpaired) electrons. The van der Waals surface area contributed by atoms with Crippen molar-refractivity contribution in [1.82, 2.24) is 15.1 Å². The van der Waals surface area contributed by atoms with Crippen molar-refractivity contribution in [3.8, 4) is 0 Å². The van der Waals surface area contributed by atoms with Crippen molar-refractivity contribution in [3.05, 3.63) is 22.4 Å². The average molecular weight is 390 g/mol. The zero-order chi connectivity index (χ0) is 17.5. The van der Waals surface area contributed by atoms with E-state index in [4.69, 9.17) is 5.11 Å². The topological polar surface area (TPSA) is 72.9 Å². The first-order valence-corrected chi connectivity index (χ1v) is 9.38. The number of carboxylic acid groups (broad SMARTS) is 1. The molecule has 1 unspecified atom stereocenters. The molecule has 0 saturated carbocycles. The van der Waals surface area contributed by atoms with Crippen LogP contribution in [0.3, 0.4) is 0 Å². The molecule has 8 heteroatoms. The number of nitrogens with zero attached hydrogens (tertiary/aromatic N) is 2. The summed E-state index contributed by atoms with van der Waals surface area (Å²) in [4.78, 5) is 28.4. The van der Waals surface area contributed by atoms with Gasteiger partial charge < -0.3 is 10.4 Å². The Morgan fingerprint density at radius 2 is 2.12 bits per heavy atom. The summed E-state index contributed by atoms with van der Waals surface area (Å²) in [6.45, 7) is 6.92. The second kappa shape index (κ2) is 10.8. The van der Waals surface area contributed by atoms with Crippen molar-refractivity contribution in [2.24, 2.45) is 0 Å². The summed E-state index contributed by atoms with van der Waals surface area (Å²) in [5.41, 5.74) is 0. The lowest BCUT2D eigenvalue weighted by Gasteiger charge is -2.37. The summed E-state index contributed by atoms with van der Waals surface area (Å²) in [5.74, 6) is -0.728. The predicted molar refractivity (Wildman–Crippen MR) is 102 cm³/mol. The highest BCUT2D eigenvalue weighted by molar-refractivity contribution is 7.10. The number of aliphatic carboxylic acids is 1. The molecule has 142 valence electrons. The van der Waals surface area contributed by atoms with Gasteiger partial charge in [0.1, 0.15) is 0 Å². The predicted octanol–water partition coefficient (Wildman–Crippen LogP) is 2.22. The van der Waals surface area contributed by atoms with Gasteiger partial charge in [0.25, 0.3) is 0 Å².